The van der Waals surface area contributed by atoms with Gasteiger partial charge in [-0.25, -0.2) is 4.39 Å². The first kappa shape index (κ1) is 18.9. The third-order valence-electron chi connectivity index (χ3n) is 2.88. The van der Waals surface area contributed by atoms with Crippen molar-refractivity contribution in [2.75, 3.05) is 5.32 Å². The zero-order valence-corrected chi connectivity index (χ0v) is 12.9. The Morgan fingerprint density at radius 3 is 2.52 bits per heavy atom. The van der Waals surface area contributed by atoms with Crippen molar-refractivity contribution in [3.8, 4) is 5.75 Å². The number of ether oxygens (including phenoxy) is 1. The smallest absolute Gasteiger partial charge is 0.432 e. The van der Waals surface area contributed by atoms with E-state index in [1.165, 1.54) is 0 Å². The lowest BCUT2D eigenvalue weighted by molar-refractivity contribution is -0.143. The van der Waals surface area contributed by atoms with Crippen LogP contribution in [-0.4, -0.2) is 22.3 Å². The van der Waals surface area contributed by atoms with Gasteiger partial charge in [-0.3, -0.25) is 9.48 Å². The topological polar surface area (TPSA) is 56.2 Å². The minimum Gasteiger partial charge on any atom is -0.432 e. The van der Waals surface area contributed by atoms with Crippen LogP contribution in [0.25, 0.3) is 0 Å². The Bertz CT molecular complexity index is 806. The molecule has 0 atom stereocenters. The molecule has 12 heteroatoms. The molecule has 1 N–H and O–H groups in total. The summed E-state index contributed by atoms with van der Waals surface area (Å²) in [5.74, 6) is -2.86. The van der Waals surface area contributed by atoms with E-state index in [0.29, 0.717) is 10.7 Å². The minimum atomic E-state index is -4.86. The maximum Gasteiger partial charge on any atom is 0.434 e. The van der Waals surface area contributed by atoms with Gasteiger partial charge in [-0.1, -0.05) is 11.6 Å². The van der Waals surface area contributed by atoms with Crippen LogP contribution in [0.2, 0.25) is 5.02 Å². The molecule has 0 aliphatic carbocycles. The highest BCUT2D eigenvalue weighted by molar-refractivity contribution is 6.34. The van der Waals surface area contributed by atoms with Gasteiger partial charge in [0, 0.05) is 13.1 Å². The van der Waals surface area contributed by atoms with Gasteiger partial charge in [0.2, 0.25) is 0 Å². The van der Waals surface area contributed by atoms with Crippen molar-refractivity contribution in [2.45, 2.75) is 12.8 Å². The average Bonchev–Trinajstić information content (AvgIpc) is 2.76. The van der Waals surface area contributed by atoms with Crippen LogP contribution >= 0.6 is 11.6 Å². The number of nitrogens with one attached hydrogen (secondary N) is 1. The van der Waals surface area contributed by atoms with E-state index >= 15 is 0 Å². The highest BCUT2D eigenvalue weighted by Gasteiger charge is 2.40. The number of benzene rings is 1. The van der Waals surface area contributed by atoms with Crippen LogP contribution in [0.1, 0.15) is 16.2 Å². The Hall–Kier alpha value is -2.43. The number of rotatable bonds is 4. The van der Waals surface area contributed by atoms with Crippen molar-refractivity contribution in [1.82, 2.24) is 9.78 Å². The number of aryl methyl sites for hydroxylation is 1. The first-order valence-electron chi connectivity index (χ1n) is 6.36. The van der Waals surface area contributed by atoms with Crippen LogP contribution in [-0.2, 0) is 13.2 Å². The van der Waals surface area contributed by atoms with Crippen LogP contribution < -0.4 is 10.1 Å². The summed E-state index contributed by atoms with van der Waals surface area (Å²) in [6.45, 7) is -3.31. The highest BCUT2D eigenvalue weighted by Crippen LogP contribution is 2.36. The van der Waals surface area contributed by atoms with Gasteiger partial charge in [-0.2, -0.15) is 27.1 Å². The van der Waals surface area contributed by atoms with E-state index in [-0.39, 0.29) is 0 Å². The number of amides is 1. The summed E-state index contributed by atoms with van der Waals surface area (Å²) in [5.41, 5.74) is -2.55. The molecule has 0 fully saturated rings. The van der Waals surface area contributed by atoms with Crippen LogP contribution in [0.5, 0.6) is 5.75 Å². The van der Waals surface area contributed by atoms with E-state index in [2.05, 4.69) is 9.84 Å². The summed E-state index contributed by atoms with van der Waals surface area (Å²) < 4.78 is 80.7. The number of aromatic nitrogens is 2. The monoisotopic (exact) mass is 387 g/mol. The molecule has 0 radical (unpaired) electrons. The summed E-state index contributed by atoms with van der Waals surface area (Å²) in [5, 5.41) is 4.40. The molecule has 25 heavy (non-hydrogen) atoms. The molecule has 1 aromatic carbocycles. The molecule has 0 bridgehead atoms. The number of hydrogen-bond donors (Lipinski definition) is 1. The van der Waals surface area contributed by atoms with E-state index in [9.17, 15) is 31.1 Å². The summed E-state index contributed by atoms with van der Waals surface area (Å²) >= 11 is 5.55. The first-order chi connectivity index (χ1) is 11.5. The molecule has 0 unspecified atom stereocenters. The zero-order chi connectivity index (χ0) is 18.9. The van der Waals surface area contributed by atoms with Crippen molar-refractivity contribution in [3.63, 3.8) is 0 Å². The van der Waals surface area contributed by atoms with E-state index in [1.807, 2.05) is 5.32 Å². The number of halogens is 7. The molecule has 0 aliphatic rings. The summed E-state index contributed by atoms with van der Waals surface area (Å²) in [7, 11) is 0.925. The molecule has 1 aromatic heterocycles. The van der Waals surface area contributed by atoms with E-state index in [4.69, 9.17) is 11.6 Å². The van der Waals surface area contributed by atoms with Crippen LogP contribution in [0.15, 0.2) is 18.2 Å². The summed E-state index contributed by atoms with van der Waals surface area (Å²) in [6, 6.07) is 2.30. The fourth-order valence-corrected chi connectivity index (χ4v) is 2.28. The molecule has 0 saturated heterocycles. The lowest BCUT2D eigenvalue weighted by atomic mass is 10.2. The van der Waals surface area contributed by atoms with Gasteiger partial charge in [0.1, 0.15) is 10.8 Å². The van der Waals surface area contributed by atoms with Gasteiger partial charge < -0.3 is 10.1 Å². The number of carbonyl (C=O) groups is 1. The van der Waals surface area contributed by atoms with Gasteiger partial charge in [-0.05, 0) is 12.1 Å². The second-order valence-electron chi connectivity index (χ2n) is 4.61. The van der Waals surface area contributed by atoms with Crippen molar-refractivity contribution >= 4 is 23.2 Å². The second kappa shape index (κ2) is 6.82. The van der Waals surface area contributed by atoms with Crippen LogP contribution in [0, 0.1) is 5.82 Å². The Morgan fingerprint density at radius 1 is 1.36 bits per heavy atom. The SMILES string of the molecule is Cn1nc(C(=O)Nc2ccc(F)cc2OC(F)F)c(Cl)c1C(F)(F)F. The molecule has 136 valence electrons. The standard InChI is InChI=1S/C13H8ClF6N3O2/c1-23-10(13(18,19)20)8(14)9(22-23)11(24)21-6-3-2-5(15)4-7(6)25-12(16)17/h2-4,12H,1H3,(H,21,24). The van der Waals surface area contributed by atoms with Gasteiger partial charge in [0.05, 0.1) is 5.69 Å². The predicted molar refractivity (Wildman–Crippen MR) is 74.2 cm³/mol. The van der Waals surface area contributed by atoms with Gasteiger partial charge >= 0.3 is 12.8 Å². The number of carbonyl (C=O) groups excluding carboxylic acids is 1. The van der Waals surface area contributed by atoms with E-state index in [1.54, 1.807) is 0 Å². The normalized spacial score (nSPS) is 11.7. The quantitative estimate of drug-likeness (QED) is 0.804. The third-order valence-corrected chi connectivity index (χ3v) is 3.24. The molecule has 5 nitrogen and oxygen atoms in total. The Morgan fingerprint density at radius 2 is 2.00 bits per heavy atom. The lowest BCUT2D eigenvalue weighted by Crippen LogP contribution is -2.15. The fourth-order valence-electron chi connectivity index (χ4n) is 1.93. The van der Waals surface area contributed by atoms with Crippen molar-refractivity contribution in [1.29, 1.82) is 0 Å². The van der Waals surface area contributed by atoms with Crippen LogP contribution in [0.3, 0.4) is 0 Å². The summed E-state index contributed by atoms with van der Waals surface area (Å²) in [6.07, 6.45) is -4.86. The molecule has 1 amide bonds. The number of hydrogen-bond acceptors (Lipinski definition) is 3. The molecule has 1 heterocycles. The molecular weight excluding hydrogens is 380 g/mol. The Balaban J connectivity index is 2.36. The Kier molecular flexibility index (Phi) is 5.16. The van der Waals surface area contributed by atoms with Gasteiger partial charge in [0.15, 0.2) is 17.1 Å². The maximum absolute atomic E-state index is 13.1. The molecular formula is C13H8ClF6N3O2. The molecule has 2 rings (SSSR count). The summed E-state index contributed by atoms with van der Waals surface area (Å²) in [4.78, 5) is 12.1. The zero-order valence-electron chi connectivity index (χ0n) is 12.2. The minimum absolute atomic E-state index is 0.360. The number of anilines is 1. The van der Waals surface area contributed by atoms with Crippen molar-refractivity contribution in [2.24, 2.45) is 7.05 Å². The lowest BCUT2D eigenvalue weighted by Gasteiger charge is -2.11. The number of nitrogens with zero attached hydrogens (tertiary/aromatic N) is 2. The largest absolute Gasteiger partial charge is 0.434 e. The van der Waals surface area contributed by atoms with Crippen LogP contribution in [0.4, 0.5) is 32.0 Å². The fraction of sp³-hybridized carbons (Fsp3) is 0.231. The highest BCUT2D eigenvalue weighted by atomic mass is 35.5. The Labute approximate surface area is 141 Å². The maximum atomic E-state index is 13.1. The first-order valence-corrected chi connectivity index (χ1v) is 6.74. The number of alkyl halides is 5. The second-order valence-corrected chi connectivity index (χ2v) is 4.98. The molecule has 2 aromatic rings. The molecule has 0 aliphatic heterocycles. The van der Waals surface area contributed by atoms with Gasteiger partial charge in [-0.15, -0.1) is 0 Å². The third kappa shape index (κ3) is 4.16. The van der Waals surface area contributed by atoms with Crippen molar-refractivity contribution < 1.29 is 35.9 Å². The van der Waals surface area contributed by atoms with E-state index in [0.717, 1.165) is 19.2 Å². The predicted octanol–water partition coefficient (Wildman–Crippen LogP) is 4.09. The molecule has 0 saturated carbocycles. The van der Waals surface area contributed by atoms with Gasteiger partial charge in [0.25, 0.3) is 5.91 Å². The molecule has 0 spiro atoms. The average molecular weight is 388 g/mol. The van der Waals surface area contributed by atoms with E-state index < -0.39 is 52.4 Å². The van der Waals surface area contributed by atoms with Crippen molar-refractivity contribution in [3.05, 3.63) is 40.4 Å².